The predicted octanol–water partition coefficient (Wildman–Crippen LogP) is 2.86. The standard InChI is InChI=1S/C22H24N4O2/c1-15-6-8-18(9-7-15)21(19-5-4-11-23-14-19)25-20(27)10-12-26-17(3)13-16(2)24-22(26)28/h4-9,11,13-14,21H,10,12H2,1-3H3,(H,25,27)/t21-/m1/s1. The summed E-state index contributed by atoms with van der Waals surface area (Å²) in [4.78, 5) is 32.9. The van der Waals surface area contributed by atoms with Gasteiger partial charge in [0.15, 0.2) is 0 Å². The second-order valence-electron chi connectivity index (χ2n) is 6.92. The van der Waals surface area contributed by atoms with Crippen LogP contribution < -0.4 is 11.0 Å². The van der Waals surface area contributed by atoms with Crippen molar-refractivity contribution in [2.24, 2.45) is 0 Å². The fourth-order valence-corrected chi connectivity index (χ4v) is 3.16. The Morgan fingerprint density at radius 1 is 1.11 bits per heavy atom. The van der Waals surface area contributed by atoms with Crippen molar-refractivity contribution in [2.45, 2.75) is 39.8 Å². The molecule has 0 aliphatic carbocycles. The van der Waals surface area contributed by atoms with E-state index in [1.54, 1.807) is 19.3 Å². The van der Waals surface area contributed by atoms with E-state index in [0.717, 1.165) is 22.4 Å². The van der Waals surface area contributed by atoms with Crippen molar-refractivity contribution in [3.8, 4) is 0 Å². The zero-order valence-electron chi connectivity index (χ0n) is 16.3. The highest BCUT2D eigenvalue weighted by Crippen LogP contribution is 2.22. The molecule has 2 aromatic heterocycles. The molecule has 0 fully saturated rings. The maximum absolute atomic E-state index is 12.7. The zero-order valence-corrected chi connectivity index (χ0v) is 16.3. The molecule has 0 saturated carbocycles. The van der Waals surface area contributed by atoms with Gasteiger partial charge in [-0.3, -0.25) is 14.3 Å². The number of carbonyl (C=O) groups excluding carboxylic acids is 1. The lowest BCUT2D eigenvalue weighted by Crippen LogP contribution is -2.32. The Labute approximate surface area is 164 Å². The first-order chi connectivity index (χ1) is 13.4. The highest BCUT2D eigenvalue weighted by atomic mass is 16.2. The van der Waals surface area contributed by atoms with Crippen LogP contribution in [0.15, 0.2) is 59.7 Å². The molecule has 0 saturated heterocycles. The number of hydrogen-bond donors (Lipinski definition) is 1. The van der Waals surface area contributed by atoms with Gasteiger partial charge in [0.25, 0.3) is 0 Å². The normalized spacial score (nSPS) is 11.8. The SMILES string of the molecule is Cc1ccc([C@@H](NC(=O)CCn2c(C)cc(C)nc2=O)c2cccnc2)cc1. The Morgan fingerprint density at radius 3 is 2.50 bits per heavy atom. The van der Waals surface area contributed by atoms with Gasteiger partial charge < -0.3 is 5.32 Å². The Balaban J connectivity index is 1.77. The van der Waals surface area contributed by atoms with Crippen LogP contribution >= 0.6 is 0 Å². The molecule has 0 unspecified atom stereocenters. The van der Waals surface area contributed by atoms with E-state index in [1.165, 1.54) is 4.57 Å². The number of aryl methyl sites for hydroxylation is 3. The quantitative estimate of drug-likeness (QED) is 0.718. The average Bonchev–Trinajstić information content (AvgIpc) is 2.67. The molecule has 3 rings (SSSR count). The van der Waals surface area contributed by atoms with E-state index in [9.17, 15) is 9.59 Å². The number of carbonyl (C=O) groups is 1. The van der Waals surface area contributed by atoms with E-state index in [-0.39, 0.29) is 30.6 Å². The van der Waals surface area contributed by atoms with Crippen LogP contribution in [0.4, 0.5) is 0 Å². The van der Waals surface area contributed by atoms with Crippen molar-refractivity contribution in [2.75, 3.05) is 0 Å². The van der Waals surface area contributed by atoms with Crippen molar-refractivity contribution in [3.05, 3.63) is 93.4 Å². The van der Waals surface area contributed by atoms with Gasteiger partial charge in [0.2, 0.25) is 5.91 Å². The van der Waals surface area contributed by atoms with Gasteiger partial charge in [-0.25, -0.2) is 4.79 Å². The third-order valence-corrected chi connectivity index (χ3v) is 4.64. The number of nitrogens with one attached hydrogen (secondary N) is 1. The molecule has 6 heteroatoms. The van der Waals surface area contributed by atoms with Gasteiger partial charge in [0.05, 0.1) is 6.04 Å². The second kappa shape index (κ2) is 8.61. The second-order valence-corrected chi connectivity index (χ2v) is 6.92. The molecular formula is C22H24N4O2. The first-order valence-corrected chi connectivity index (χ1v) is 9.25. The fourth-order valence-electron chi connectivity index (χ4n) is 3.16. The summed E-state index contributed by atoms with van der Waals surface area (Å²) in [6.07, 6.45) is 3.65. The van der Waals surface area contributed by atoms with Gasteiger partial charge in [-0.1, -0.05) is 35.9 Å². The van der Waals surface area contributed by atoms with Gasteiger partial charge in [-0.2, -0.15) is 4.98 Å². The highest BCUT2D eigenvalue weighted by molar-refractivity contribution is 5.77. The maximum atomic E-state index is 12.7. The highest BCUT2D eigenvalue weighted by Gasteiger charge is 2.17. The predicted molar refractivity (Wildman–Crippen MR) is 108 cm³/mol. The van der Waals surface area contributed by atoms with Crippen LogP contribution in [0.25, 0.3) is 0 Å². The minimum absolute atomic E-state index is 0.138. The van der Waals surface area contributed by atoms with Crippen LogP contribution in [0.2, 0.25) is 0 Å². The van der Waals surface area contributed by atoms with Crippen LogP contribution in [0, 0.1) is 20.8 Å². The minimum atomic E-state index is -0.326. The van der Waals surface area contributed by atoms with Gasteiger partial charge in [-0.05, 0) is 44.0 Å². The largest absolute Gasteiger partial charge is 0.347 e. The van der Waals surface area contributed by atoms with E-state index in [1.807, 2.05) is 56.3 Å². The topological polar surface area (TPSA) is 76.9 Å². The molecule has 3 aromatic rings. The summed E-state index contributed by atoms with van der Waals surface area (Å²) in [7, 11) is 0. The van der Waals surface area contributed by atoms with E-state index in [4.69, 9.17) is 0 Å². The van der Waals surface area contributed by atoms with Crippen molar-refractivity contribution >= 4 is 5.91 Å². The zero-order chi connectivity index (χ0) is 20.1. The summed E-state index contributed by atoms with van der Waals surface area (Å²) in [5.41, 5.74) is 4.20. The van der Waals surface area contributed by atoms with Crippen molar-refractivity contribution < 1.29 is 4.79 Å². The maximum Gasteiger partial charge on any atom is 0.347 e. The summed E-state index contributed by atoms with van der Waals surface area (Å²) in [5.74, 6) is -0.138. The third-order valence-electron chi connectivity index (χ3n) is 4.64. The Bertz CT molecular complexity index is 1010. The Hall–Kier alpha value is -3.28. The van der Waals surface area contributed by atoms with Crippen LogP contribution in [0.1, 0.15) is 40.5 Å². The molecule has 2 heterocycles. The number of nitrogens with zero attached hydrogens (tertiary/aromatic N) is 3. The molecule has 0 bridgehead atoms. The van der Waals surface area contributed by atoms with E-state index in [2.05, 4.69) is 15.3 Å². The van der Waals surface area contributed by atoms with E-state index < -0.39 is 0 Å². The number of amides is 1. The van der Waals surface area contributed by atoms with E-state index in [0.29, 0.717) is 5.69 Å². The Kier molecular flexibility index (Phi) is 5.99. The van der Waals surface area contributed by atoms with Crippen molar-refractivity contribution in [1.82, 2.24) is 19.9 Å². The minimum Gasteiger partial charge on any atom is -0.345 e. The van der Waals surface area contributed by atoms with Crippen molar-refractivity contribution in [3.63, 3.8) is 0 Å². The lowest BCUT2D eigenvalue weighted by molar-refractivity contribution is -0.121. The summed E-state index contributed by atoms with van der Waals surface area (Å²) < 4.78 is 1.53. The van der Waals surface area contributed by atoms with Crippen LogP contribution in [0.3, 0.4) is 0 Å². The molecule has 144 valence electrons. The molecule has 1 amide bonds. The number of hydrogen-bond acceptors (Lipinski definition) is 4. The molecule has 0 spiro atoms. The van der Waals surface area contributed by atoms with Gasteiger partial charge in [0, 0.05) is 36.7 Å². The summed E-state index contributed by atoms with van der Waals surface area (Å²) in [6, 6.07) is 13.4. The number of aromatic nitrogens is 3. The lowest BCUT2D eigenvalue weighted by atomic mass is 9.99. The fraction of sp³-hybridized carbons (Fsp3) is 0.273. The van der Waals surface area contributed by atoms with Gasteiger partial charge in [0.1, 0.15) is 0 Å². The molecule has 1 atom stereocenters. The summed E-state index contributed by atoms with van der Waals surface area (Å²) in [5, 5.41) is 3.07. The van der Waals surface area contributed by atoms with Gasteiger partial charge >= 0.3 is 5.69 Å². The third kappa shape index (κ3) is 4.71. The first-order valence-electron chi connectivity index (χ1n) is 9.25. The molecule has 0 aliphatic rings. The average molecular weight is 376 g/mol. The molecule has 0 radical (unpaired) electrons. The number of pyridine rings is 1. The number of benzene rings is 1. The monoisotopic (exact) mass is 376 g/mol. The Morgan fingerprint density at radius 2 is 1.86 bits per heavy atom. The molecule has 28 heavy (non-hydrogen) atoms. The van der Waals surface area contributed by atoms with E-state index >= 15 is 0 Å². The summed E-state index contributed by atoms with van der Waals surface area (Å²) in [6.45, 7) is 5.94. The number of rotatable bonds is 6. The summed E-state index contributed by atoms with van der Waals surface area (Å²) >= 11 is 0. The van der Waals surface area contributed by atoms with Crippen LogP contribution in [0.5, 0.6) is 0 Å². The first kappa shape index (κ1) is 19.5. The van der Waals surface area contributed by atoms with Gasteiger partial charge in [-0.15, -0.1) is 0 Å². The van der Waals surface area contributed by atoms with Crippen LogP contribution in [-0.2, 0) is 11.3 Å². The molecular weight excluding hydrogens is 352 g/mol. The van der Waals surface area contributed by atoms with Crippen LogP contribution in [-0.4, -0.2) is 20.4 Å². The smallest absolute Gasteiger partial charge is 0.345 e. The van der Waals surface area contributed by atoms with Crippen molar-refractivity contribution in [1.29, 1.82) is 0 Å². The molecule has 1 aromatic carbocycles. The molecule has 0 aliphatic heterocycles. The molecule has 6 nitrogen and oxygen atoms in total. The molecule has 1 N–H and O–H groups in total. The lowest BCUT2D eigenvalue weighted by Gasteiger charge is -2.20.